The van der Waals surface area contributed by atoms with Crippen molar-refractivity contribution in [1.82, 2.24) is 15.0 Å². The Kier molecular flexibility index (Phi) is 4.64. The van der Waals surface area contributed by atoms with Gasteiger partial charge in [0.1, 0.15) is 18.0 Å². The van der Waals surface area contributed by atoms with E-state index in [1.54, 1.807) is 32.3 Å². The van der Waals surface area contributed by atoms with Gasteiger partial charge in [-0.25, -0.2) is 14.4 Å². The molecule has 1 N–H and O–H groups in total. The summed E-state index contributed by atoms with van der Waals surface area (Å²) in [5.74, 6) is 0.344. The van der Waals surface area contributed by atoms with Crippen LogP contribution in [0.25, 0.3) is 22.0 Å². The molecule has 0 atom stereocenters. The molecule has 4 aromatic rings. The largest absolute Gasteiger partial charge is 0.386 e. The second-order valence-corrected chi connectivity index (χ2v) is 8.65. The molecule has 0 saturated heterocycles. The Morgan fingerprint density at radius 2 is 1.90 bits per heavy atom. The lowest BCUT2D eigenvalue weighted by atomic mass is 9.96. The fourth-order valence-electron chi connectivity index (χ4n) is 3.97. The summed E-state index contributed by atoms with van der Waals surface area (Å²) in [6.07, 6.45) is 5.69. The molecule has 5 rings (SSSR count). The third-order valence-corrected chi connectivity index (χ3v) is 5.95. The fraction of sp³-hybridized carbons (Fsp3) is 0.208. The van der Waals surface area contributed by atoms with E-state index in [0.29, 0.717) is 13.0 Å². The van der Waals surface area contributed by atoms with Gasteiger partial charge in [0.15, 0.2) is 0 Å². The number of aliphatic hydroxyl groups is 1. The predicted octanol–water partition coefficient (Wildman–Crippen LogP) is 5.41. The molecule has 7 heteroatoms. The van der Waals surface area contributed by atoms with E-state index in [1.807, 2.05) is 24.3 Å². The highest BCUT2D eigenvalue weighted by Gasteiger charge is 2.25. The van der Waals surface area contributed by atoms with Gasteiger partial charge in [0, 0.05) is 41.1 Å². The molecule has 0 bridgehead atoms. The van der Waals surface area contributed by atoms with Gasteiger partial charge in [-0.05, 0) is 61.7 Å². The first kappa shape index (κ1) is 19.8. The second-order valence-electron chi connectivity index (χ2n) is 8.25. The molecule has 0 radical (unpaired) electrons. The van der Waals surface area contributed by atoms with Crippen molar-refractivity contribution in [2.45, 2.75) is 25.9 Å². The van der Waals surface area contributed by atoms with Crippen molar-refractivity contribution < 1.29 is 9.50 Å². The van der Waals surface area contributed by atoms with Crippen LogP contribution in [0.4, 0.5) is 15.9 Å². The molecule has 0 amide bonds. The summed E-state index contributed by atoms with van der Waals surface area (Å²) in [5, 5.41) is 11.3. The molecule has 2 aromatic heterocycles. The monoisotopic (exact) mass is 434 g/mol. The molecule has 1 aliphatic heterocycles. The highest BCUT2D eigenvalue weighted by atomic mass is 35.5. The maximum absolute atomic E-state index is 13.9. The topological polar surface area (TPSA) is 62.1 Å². The zero-order valence-electron chi connectivity index (χ0n) is 17.1. The summed E-state index contributed by atoms with van der Waals surface area (Å²) in [6.45, 7) is 4.15. The van der Waals surface area contributed by atoms with Crippen molar-refractivity contribution in [3.8, 4) is 11.1 Å². The van der Waals surface area contributed by atoms with Crippen LogP contribution in [0.5, 0.6) is 0 Å². The smallest absolute Gasteiger partial charge is 0.144 e. The van der Waals surface area contributed by atoms with Gasteiger partial charge in [0.25, 0.3) is 0 Å². The number of nitrogens with zero attached hydrogens (tertiary/aromatic N) is 4. The number of aromatic nitrogens is 3. The summed E-state index contributed by atoms with van der Waals surface area (Å²) in [6, 6.07) is 11.0. The van der Waals surface area contributed by atoms with Crippen LogP contribution in [-0.2, 0) is 12.0 Å². The first-order chi connectivity index (χ1) is 14.8. The lowest BCUT2D eigenvalue weighted by Gasteiger charge is -2.21. The lowest BCUT2D eigenvalue weighted by Crippen LogP contribution is -2.16. The van der Waals surface area contributed by atoms with E-state index in [1.165, 1.54) is 12.4 Å². The van der Waals surface area contributed by atoms with Crippen molar-refractivity contribution in [2.24, 2.45) is 0 Å². The number of fused-ring (bicyclic) bond motifs is 2. The SMILES string of the molecule is CC(C)(O)c1cncc(-c2ccc3ncnc(N4CCc5cc(F)c(Cl)cc54)c3c2)c1. The van der Waals surface area contributed by atoms with Gasteiger partial charge in [-0.15, -0.1) is 0 Å². The van der Waals surface area contributed by atoms with Crippen LogP contribution in [0.1, 0.15) is 25.0 Å². The van der Waals surface area contributed by atoms with Crippen molar-refractivity contribution in [2.75, 3.05) is 11.4 Å². The normalized spacial score (nSPS) is 13.6. The van der Waals surface area contributed by atoms with E-state index in [4.69, 9.17) is 11.6 Å². The molecule has 31 heavy (non-hydrogen) atoms. The molecule has 1 aliphatic rings. The number of benzene rings is 2. The summed E-state index contributed by atoms with van der Waals surface area (Å²) in [5.41, 5.74) is 4.17. The average molecular weight is 435 g/mol. The Hall–Kier alpha value is -3.09. The molecule has 3 heterocycles. The van der Waals surface area contributed by atoms with Gasteiger partial charge >= 0.3 is 0 Å². The second kappa shape index (κ2) is 7.25. The molecule has 0 aliphatic carbocycles. The minimum atomic E-state index is -0.984. The minimum Gasteiger partial charge on any atom is -0.386 e. The molecule has 0 saturated carbocycles. The lowest BCUT2D eigenvalue weighted by molar-refractivity contribution is 0.0783. The first-order valence-electron chi connectivity index (χ1n) is 10.00. The van der Waals surface area contributed by atoms with Gasteiger partial charge in [0.2, 0.25) is 0 Å². The van der Waals surface area contributed by atoms with Crippen LogP contribution < -0.4 is 4.90 Å². The molecule has 0 fully saturated rings. The van der Waals surface area contributed by atoms with E-state index >= 15 is 0 Å². The average Bonchev–Trinajstić information content (AvgIpc) is 3.15. The van der Waals surface area contributed by atoms with Gasteiger partial charge < -0.3 is 10.0 Å². The van der Waals surface area contributed by atoms with Crippen LogP contribution in [0.3, 0.4) is 0 Å². The standard InChI is InChI=1S/C24H20ClFN4O/c1-24(2,31)17-7-16(11-27-12-17)14-3-4-21-18(8-14)23(29-13-28-21)30-6-5-15-9-20(26)19(25)10-22(15)30/h3-4,7-13,31H,5-6H2,1-2H3. The number of rotatable bonds is 3. The quantitative estimate of drug-likeness (QED) is 0.467. The van der Waals surface area contributed by atoms with Gasteiger partial charge in [-0.3, -0.25) is 4.98 Å². The van der Waals surface area contributed by atoms with E-state index < -0.39 is 11.4 Å². The van der Waals surface area contributed by atoms with Crippen LogP contribution in [0.2, 0.25) is 5.02 Å². The third-order valence-electron chi connectivity index (χ3n) is 5.67. The highest BCUT2D eigenvalue weighted by Crippen LogP contribution is 2.39. The molecule has 156 valence electrons. The Balaban J connectivity index is 1.64. The number of halogens is 2. The summed E-state index contributed by atoms with van der Waals surface area (Å²) >= 11 is 6.06. The fourth-order valence-corrected chi connectivity index (χ4v) is 4.13. The number of hydrogen-bond acceptors (Lipinski definition) is 5. The van der Waals surface area contributed by atoms with Crippen molar-refractivity contribution >= 4 is 34.0 Å². The molecule has 0 unspecified atom stereocenters. The Morgan fingerprint density at radius 1 is 1.06 bits per heavy atom. The van der Waals surface area contributed by atoms with Crippen LogP contribution in [0, 0.1) is 5.82 Å². The first-order valence-corrected chi connectivity index (χ1v) is 10.4. The molecule has 2 aromatic carbocycles. The maximum atomic E-state index is 13.9. The zero-order chi connectivity index (χ0) is 21.8. The Labute approximate surface area is 184 Å². The van der Waals surface area contributed by atoms with Crippen LogP contribution in [0.15, 0.2) is 55.1 Å². The van der Waals surface area contributed by atoms with E-state index in [9.17, 15) is 9.50 Å². The Morgan fingerprint density at radius 3 is 2.71 bits per heavy atom. The molecule has 0 spiro atoms. The molecular formula is C24H20ClFN4O. The van der Waals surface area contributed by atoms with Gasteiger partial charge in [-0.1, -0.05) is 17.7 Å². The third kappa shape index (κ3) is 3.52. The van der Waals surface area contributed by atoms with Gasteiger partial charge in [-0.2, -0.15) is 0 Å². The van der Waals surface area contributed by atoms with Crippen LogP contribution >= 0.6 is 11.6 Å². The van der Waals surface area contributed by atoms with Crippen molar-refractivity contribution in [3.05, 3.63) is 77.1 Å². The summed E-state index contributed by atoms with van der Waals surface area (Å²) < 4.78 is 13.9. The predicted molar refractivity (Wildman–Crippen MR) is 120 cm³/mol. The minimum absolute atomic E-state index is 0.0965. The molecular weight excluding hydrogens is 415 g/mol. The van der Waals surface area contributed by atoms with Crippen molar-refractivity contribution in [1.29, 1.82) is 0 Å². The summed E-state index contributed by atoms with van der Waals surface area (Å²) in [4.78, 5) is 15.3. The Bertz CT molecular complexity index is 1320. The van der Waals surface area contributed by atoms with Crippen LogP contribution in [-0.4, -0.2) is 26.6 Å². The zero-order valence-corrected chi connectivity index (χ0v) is 17.9. The number of hydrogen-bond donors (Lipinski definition) is 1. The highest BCUT2D eigenvalue weighted by molar-refractivity contribution is 6.31. The van der Waals surface area contributed by atoms with E-state index in [2.05, 4.69) is 19.9 Å². The maximum Gasteiger partial charge on any atom is 0.144 e. The van der Waals surface area contributed by atoms with Gasteiger partial charge in [0.05, 0.1) is 16.1 Å². The van der Waals surface area contributed by atoms with Crippen molar-refractivity contribution in [3.63, 3.8) is 0 Å². The van der Waals surface area contributed by atoms with E-state index in [-0.39, 0.29) is 5.02 Å². The number of anilines is 2. The molecule has 5 nitrogen and oxygen atoms in total. The summed E-state index contributed by atoms with van der Waals surface area (Å²) in [7, 11) is 0. The number of pyridine rings is 1. The van der Waals surface area contributed by atoms with E-state index in [0.717, 1.165) is 44.7 Å².